The number of carbonyl (C=O) groups is 2. The zero-order valence-corrected chi connectivity index (χ0v) is 36.1. The lowest BCUT2D eigenvalue weighted by Gasteiger charge is -2.51. The van der Waals surface area contributed by atoms with E-state index in [1.165, 1.54) is 0 Å². The van der Waals surface area contributed by atoms with Crippen LogP contribution in [0.2, 0.25) is 0 Å². The summed E-state index contributed by atoms with van der Waals surface area (Å²) in [7, 11) is 0. The van der Waals surface area contributed by atoms with Gasteiger partial charge in [-0.2, -0.15) is 0 Å². The number of carboxylic acid groups (broad SMARTS) is 1. The molecule has 0 bridgehead atoms. The molecule has 3 unspecified atom stereocenters. The molecule has 1 amide bonds. The van der Waals surface area contributed by atoms with Crippen molar-refractivity contribution in [1.29, 1.82) is 0 Å². The van der Waals surface area contributed by atoms with Gasteiger partial charge in [-0.05, 0) is 12.8 Å². The largest absolute Gasteiger partial charge is 0.862 e. The molecule has 5 rings (SSSR count). The molecule has 5 saturated heterocycles. The Kier molecular flexibility index (Phi) is 19.7. The maximum atomic E-state index is 13.0. The first-order valence-electron chi connectivity index (χ1n) is 21.2. The zero-order valence-electron chi connectivity index (χ0n) is 36.1. The van der Waals surface area contributed by atoms with E-state index in [1.54, 1.807) is 0 Å². The lowest BCUT2D eigenvalue weighted by molar-refractivity contribution is -0.388. The molecule has 0 radical (unpaired) electrons. The minimum atomic E-state index is -3.21. The van der Waals surface area contributed by atoms with Gasteiger partial charge in [-0.15, -0.1) is 0 Å². The Morgan fingerprint density at radius 1 is 0.662 bits per heavy atom. The molecule has 5 heterocycles. The first kappa shape index (κ1) is 56.3. The Labute approximate surface area is 384 Å². The van der Waals surface area contributed by atoms with Crippen molar-refractivity contribution < 1.29 is 144 Å². The molecule has 0 aromatic carbocycles. The quantitative estimate of drug-likeness (QED) is 0.0448. The summed E-state index contributed by atoms with van der Waals surface area (Å²) < 4.78 is 50.6. The van der Waals surface area contributed by atoms with Crippen LogP contribution in [-0.2, 0) is 52.2 Å². The third-order valence-electron chi connectivity index (χ3n) is 12.0. The third kappa shape index (κ3) is 11.8. The number of aliphatic imine (C=N–C) groups is 1. The van der Waals surface area contributed by atoms with E-state index in [0.717, 1.165) is 13.8 Å². The number of aliphatic carboxylic acids is 1. The van der Waals surface area contributed by atoms with Crippen LogP contribution >= 0.6 is 0 Å². The minimum Gasteiger partial charge on any atom is -0.862 e. The number of ether oxygens (including phenoxy) is 9. The fraction of sp³-hybridized carbons (Fsp3) is 0.919. The van der Waals surface area contributed by atoms with Crippen LogP contribution in [0.5, 0.6) is 0 Å². The van der Waals surface area contributed by atoms with Crippen molar-refractivity contribution in [3.63, 3.8) is 0 Å². The molecule has 5 aliphatic heterocycles. The number of hydrogen-bond donors (Lipinski definition) is 18. The Morgan fingerprint density at radius 2 is 1.15 bits per heavy atom. The smallest absolute Gasteiger partial charge is 0.364 e. The van der Waals surface area contributed by atoms with Gasteiger partial charge in [0.15, 0.2) is 25.2 Å². The molecule has 0 aliphatic carbocycles. The summed E-state index contributed by atoms with van der Waals surface area (Å²) in [4.78, 5) is 29.3. The number of aliphatic hydroxyl groups is 16. The Balaban J connectivity index is 1.46. The molecule has 0 saturated carbocycles. The van der Waals surface area contributed by atoms with E-state index >= 15 is 0 Å². The van der Waals surface area contributed by atoms with Crippen molar-refractivity contribution in [3.05, 3.63) is 0 Å². The highest BCUT2D eigenvalue weighted by Crippen LogP contribution is 2.40. The molecule has 26 atom stereocenters. The van der Waals surface area contributed by atoms with E-state index in [4.69, 9.17) is 42.6 Å². The zero-order chi connectivity index (χ0) is 50.7. The van der Waals surface area contributed by atoms with Gasteiger partial charge in [-0.25, -0.2) is 4.79 Å². The van der Waals surface area contributed by atoms with Crippen LogP contribution in [0, 0.1) is 0 Å². The Bertz CT molecular complexity index is 1670. The Morgan fingerprint density at radius 3 is 1.65 bits per heavy atom. The molecule has 31 heteroatoms. The molecule has 0 aromatic heterocycles. The van der Waals surface area contributed by atoms with Gasteiger partial charge in [0.1, 0.15) is 122 Å². The van der Waals surface area contributed by atoms with Crippen LogP contribution < -0.4 is 10.4 Å². The maximum absolute atomic E-state index is 13.0. The van der Waals surface area contributed by atoms with Crippen LogP contribution in [0.25, 0.3) is 0 Å². The van der Waals surface area contributed by atoms with Gasteiger partial charge in [0.05, 0.1) is 39.1 Å². The first-order valence-corrected chi connectivity index (χ1v) is 21.2. The molecule has 68 heavy (non-hydrogen) atoms. The van der Waals surface area contributed by atoms with Crippen molar-refractivity contribution in [2.75, 3.05) is 33.0 Å². The van der Waals surface area contributed by atoms with Gasteiger partial charge < -0.3 is 140 Å². The lowest BCUT2D eigenvalue weighted by Crippen LogP contribution is -2.71. The first-order chi connectivity index (χ1) is 32.0. The highest BCUT2D eigenvalue weighted by atomic mass is 16.8. The average molecular weight is 998 g/mol. The van der Waals surface area contributed by atoms with Crippen molar-refractivity contribution in [1.82, 2.24) is 5.32 Å². The second-order valence-corrected chi connectivity index (χ2v) is 16.8. The van der Waals surface area contributed by atoms with Crippen molar-refractivity contribution >= 4 is 17.8 Å². The van der Waals surface area contributed by atoms with E-state index in [9.17, 15) is 102 Å². The fourth-order valence-electron chi connectivity index (χ4n) is 8.47. The highest BCUT2D eigenvalue weighted by Gasteiger charge is 2.61. The number of amides is 1. The fourth-order valence-corrected chi connectivity index (χ4v) is 8.47. The van der Waals surface area contributed by atoms with Crippen LogP contribution in [0.4, 0.5) is 0 Å². The number of carbonyl (C=O) groups excluding carboxylic acids is 1. The summed E-state index contributed by atoms with van der Waals surface area (Å²) in [5.41, 5.74) is 0. The van der Waals surface area contributed by atoms with Crippen molar-refractivity contribution in [2.24, 2.45) is 4.99 Å². The van der Waals surface area contributed by atoms with Gasteiger partial charge >= 0.3 is 5.97 Å². The molecule has 0 spiro atoms. The summed E-state index contributed by atoms with van der Waals surface area (Å²) in [6.07, 6.45) is -47.8. The summed E-state index contributed by atoms with van der Waals surface area (Å²) in [6.45, 7) is -3.36. The number of hydrogen-bond acceptors (Lipinski definition) is 29. The molecule has 5 aliphatic rings. The van der Waals surface area contributed by atoms with Crippen molar-refractivity contribution in [2.45, 2.75) is 179 Å². The van der Waals surface area contributed by atoms with E-state index in [0.29, 0.717) is 0 Å². The third-order valence-corrected chi connectivity index (χ3v) is 12.0. The molecule has 394 valence electrons. The molecule has 0 aromatic rings. The number of nitrogens with zero attached hydrogens (tertiary/aromatic N) is 1. The van der Waals surface area contributed by atoms with Gasteiger partial charge in [-0.1, -0.05) is 0 Å². The standard InChI is InChI=1S/C37H62N2O29/c1-9(45)38-17-11(47)3-37(36(58)59,67-29(17)19(49)12(48)4-40)68-31-22(52)15(7-43)63-35(26(31)56)65-28-18(39-10(2)46)33(61-13(5-41)20(28)50)66-30-21(51)14(6-42)62-34(25(30)55)64-27-16(8-44)60-32(57)24(54)23(27)53/h11-35,40-44,47-57H,3-8H2,1-2H3,(H,38,45)(H,39,46)(H,58,59)/p-1/t11-,12?,13-,14-,15-,16-,17+,18-,19?,20-,21+,22+,23-,24-,25-,26-,27-,28-,29+,30+,31+,32?,33+,34+,35+,37+/m1/s1. The minimum absolute atomic E-state index is 0.913. The van der Waals surface area contributed by atoms with Gasteiger partial charge in [0.25, 0.3) is 5.79 Å². The second-order valence-electron chi connectivity index (χ2n) is 16.8. The molecular weight excluding hydrogens is 936 g/mol. The molecule has 18 N–H and O–H groups in total. The van der Waals surface area contributed by atoms with Gasteiger partial charge in [-0.3, -0.25) is 9.79 Å². The molecule has 31 nitrogen and oxygen atoms in total. The number of carboxylic acids is 1. The van der Waals surface area contributed by atoms with Gasteiger partial charge in [0.2, 0.25) is 5.91 Å². The van der Waals surface area contributed by atoms with Crippen LogP contribution in [0.1, 0.15) is 20.3 Å². The van der Waals surface area contributed by atoms with Crippen molar-refractivity contribution in [3.8, 4) is 0 Å². The van der Waals surface area contributed by atoms with E-state index in [1.807, 2.05) is 0 Å². The molecular formula is C37H61N2O29-. The van der Waals surface area contributed by atoms with E-state index < -0.39 is 216 Å². The summed E-state index contributed by atoms with van der Waals surface area (Å²) >= 11 is 0. The summed E-state index contributed by atoms with van der Waals surface area (Å²) in [5.74, 6) is -7.16. The number of rotatable bonds is 18. The van der Waals surface area contributed by atoms with Crippen LogP contribution in [0.15, 0.2) is 4.99 Å². The predicted molar refractivity (Wildman–Crippen MR) is 206 cm³/mol. The summed E-state index contributed by atoms with van der Waals surface area (Å²) in [5, 5.41) is 195. The lowest BCUT2D eigenvalue weighted by atomic mass is 9.88. The summed E-state index contributed by atoms with van der Waals surface area (Å²) in [6, 6.07) is -3.64. The van der Waals surface area contributed by atoms with Crippen LogP contribution in [-0.4, -0.2) is 297 Å². The molecule has 5 fully saturated rings. The number of nitrogens with one attached hydrogen (secondary N) is 1. The number of aliphatic hydroxyl groups excluding tert-OH is 16. The second kappa shape index (κ2) is 23.8. The Hall–Kier alpha value is -2.59. The SMILES string of the molecule is CC(=O)N[C@H]1[C@H](O[C@H]2[C@@H](O)[C@@H](CO)O[C@@H](O[C@H]3[C@H](O)[C@@H](O)C(O)O[C@@H]3CO)[C@@H]2O)O[C@H](CO)[C@@H](O)[C@@H]1O[C@@H]1O[C@H](CO)[C@H](O)[C@H](O[C@]2(C(=O)O)C[C@@H](O)[C@H](N=C(C)[O-])[C@@H](C(O)C(O)CO)O2)[C@H]1O. The average Bonchev–Trinajstić information content (AvgIpc) is 3.29. The van der Waals surface area contributed by atoms with Crippen LogP contribution in [0.3, 0.4) is 0 Å². The highest BCUT2D eigenvalue weighted by molar-refractivity contribution is 5.76. The topological polar surface area (TPSA) is 509 Å². The predicted octanol–water partition coefficient (Wildman–Crippen LogP) is -12.8. The van der Waals surface area contributed by atoms with Gasteiger partial charge in [0, 0.05) is 13.3 Å². The monoisotopic (exact) mass is 997 g/mol. The van der Waals surface area contributed by atoms with E-state index in [2.05, 4.69) is 10.3 Å². The van der Waals surface area contributed by atoms with E-state index in [-0.39, 0.29) is 0 Å². The maximum Gasteiger partial charge on any atom is 0.364 e. The normalized spacial score (nSPS) is 47.0.